The van der Waals surface area contributed by atoms with E-state index in [1.807, 2.05) is 4.57 Å². The summed E-state index contributed by atoms with van der Waals surface area (Å²) >= 11 is 1.67. The van der Waals surface area contributed by atoms with E-state index >= 15 is 0 Å². The standard InChI is InChI=1S/C24H27FN4O2S/c1-2-11-29-23(31)20-17-8-4-6-10-19(17)32-21(20)26-24(29)28-14-12-27(13-15-28)22(30)16-7-3-5-9-18(16)25/h3,5,7,9H,2,4,6,8,10-15H2,1H3. The third-order valence-electron chi connectivity index (χ3n) is 6.46. The Morgan fingerprint density at radius 3 is 2.62 bits per heavy atom. The molecule has 0 radical (unpaired) electrons. The molecule has 0 N–H and O–H groups in total. The number of thiophene rings is 1. The molecule has 0 atom stereocenters. The van der Waals surface area contributed by atoms with Crippen molar-refractivity contribution in [1.29, 1.82) is 0 Å². The quantitative estimate of drug-likeness (QED) is 0.601. The zero-order valence-electron chi connectivity index (χ0n) is 18.3. The number of rotatable bonds is 4. The molecule has 0 unspecified atom stereocenters. The molecule has 0 bridgehead atoms. The van der Waals surface area contributed by atoms with Gasteiger partial charge in [0.1, 0.15) is 10.6 Å². The summed E-state index contributed by atoms with van der Waals surface area (Å²) in [6.45, 7) is 4.74. The Morgan fingerprint density at radius 1 is 1.12 bits per heavy atom. The molecule has 3 heterocycles. The molecule has 8 heteroatoms. The summed E-state index contributed by atoms with van der Waals surface area (Å²) < 4.78 is 15.9. The van der Waals surface area contributed by atoms with Crippen molar-refractivity contribution in [3.05, 3.63) is 56.4 Å². The molecule has 6 nitrogen and oxygen atoms in total. The van der Waals surface area contributed by atoms with Gasteiger partial charge in [-0.25, -0.2) is 9.37 Å². The summed E-state index contributed by atoms with van der Waals surface area (Å²) in [4.78, 5) is 37.2. The minimum Gasteiger partial charge on any atom is -0.339 e. The molecule has 1 aliphatic carbocycles. The number of piperazine rings is 1. The Hall–Kier alpha value is -2.74. The molecule has 1 aromatic carbocycles. The van der Waals surface area contributed by atoms with Crippen LogP contribution in [0.5, 0.6) is 0 Å². The predicted molar refractivity (Wildman–Crippen MR) is 125 cm³/mol. The van der Waals surface area contributed by atoms with E-state index in [1.54, 1.807) is 28.4 Å². The molecule has 1 fully saturated rings. The molecule has 1 amide bonds. The molecule has 2 aromatic heterocycles. The Labute approximate surface area is 190 Å². The van der Waals surface area contributed by atoms with Crippen LogP contribution in [0.2, 0.25) is 0 Å². The van der Waals surface area contributed by atoms with E-state index in [1.165, 1.54) is 29.0 Å². The lowest BCUT2D eigenvalue weighted by Gasteiger charge is -2.36. The van der Waals surface area contributed by atoms with E-state index in [0.29, 0.717) is 38.7 Å². The lowest BCUT2D eigenvalue weighted by molar-refractivity contribution is 0.0741. The number of hydrogen-bond acceptors (Lipinski definition) is 5. The molecule has 2 aliphatic rings. The Balaban J connectivity index is 1.44. The van der Waals surface area contributed by atoms with E-state index in [-0.39, 0.29) is 17.0 Å². The highest BCUT2D eigenvalue weighted by Crippen LogP contribution is 2.34. The highest BCUT2D eigenvalue weighted by Gasteiger charge is 2.28. The first kappa shape index (κ1) is 21.1. The molecule has 168 valence electrons. The predicted octanol–water partition coefficient (Wildman–Crippen LogP) is 3.85. The minimum atomic E-state index is -0.495. The molecule has 1 saturated heterocycles. The average Bonchev–Trinajstić information content (AvgIpc) is 3.19. The molecule has 32 heavy (non-hydrogen) atoms. The lowest BCUT2D eigenvalue weighted by atomic mass is 9.97. The first-order valence-corrected chi connectivity index (χ1v) is 12.2. The van der Waals surface area contributed by atoms with E-state index in [9.17, 15) is 14.0 Å². The maximum Gasteiger partial charge on any atom is 0.263 e. The Kier molecular flexibility index (Phi) is 5.71. The first-order valence-electron chi connectivity index (χ1n) is 11.4. The fourth-order valence-corrected chi connectivity index (χ4v) is 6.06. The molecular weight excluding hydrogens is 427 g/mol. The number of hydrogen-bond donors (Lipinski definition) is 0. The van der Waals surface area contributed by atoms with Crippen molar-refractivity contribution in [2.75, 3.05) is 31.1 Å². The van der Waals surface area contributed by atoms with E-state index < -0.39 is 5.82 Å². The Morgan fingerprint density at radius 2 is 1.88 bits per heavy atom. The maximum absolute atomic E-state index is 14.1. The van der Waals surface area contributed by atoms with Crippen molar-refractivity contribution in [2.45, 2.75) is 45.6 Å². The summed E-state index contributed by atoms with van der Waals surface area (Å²) in [5.74, 6) is -0.0885. The number of halogens is 1. The minimum absolute atomic E-state index is 0.0658. The smallest absolute Gasteiger partial charge is 0.263 e. The number of aryl methyl sites for hydroxylation is 2. The summed E-state index contributed by atoms with van der Waals surface area (Å²) in [5, 5.41) is 0.815. The molecule has 3 aromatic rings. The number of benzene rings is 1. The van der Waals surface area contributed by atoms with Gasteiger partial charge < -0.3 is 9.80 Å². The van der Waals surface area contributed by atoms with Crippen LogP contribution in [0.4, 0.5) is 10.3 Å². The van der Waals surface area contributed by atoms with Crippen LogP contribution in [-0.2, 0) is 19.4 Å². The van der Waals surface area contributed by atoms with Gasteiger partial charge in [-0.1, -0.05) is 19.1 Å². The molecule has 0 spiro atoms. The molecule has 0 saturated carbocycles. The number of aromatic nitrogens is 2. The van der Waals surface area contributed by atoms with Crippen LogP contribution in [0, 0.1) is 5.82 Å². The fraction of sp³-hybridized carbons (Fsp3) is 0.458. The second-order valence-electron chi connectivity index (χ2n) is 8.52. The third kappa shape index (κ3) is 3.60. The van der Waals surface area contributed by atoms with Crippen molar-refractivity contribution < 1.29 is 9.18 Å². The van der Waals surface area contributed by atoms with Gasteiger partial charge in [-0.2, -0.15) is 0 Å². The molecule has 5 rings (SSSR count). The van der Waals surface area contributed by atoms with Crippen LogP contribution in [0.3, 0.4) is 0 Å². The zero-order valence-corrected chi connectivity index (χ0v) is 19.1. The number of anilines is 1. The summed E-state index contributed by atoms with van der Waals surface area (Å²) in [6.07, 6.45) is 5.15. The monoisotopic (exact) mass is 454 g/mol. The van der Waals surface area contributed by atoms with Gasteiger partial charge in [0.05, 0.1) is 10.9 Å². The van der Waals surface area contributed by atoms with Crippen LogP contribution >= 0.6 is 11.3 Å². The van der Waals surface area contributed by atoms with Gasteiger partial charge in [-0.15, -0.1) is 11.3 Å². The Bertz CT molecular complexity index is 1230. The van der Waals surface area contributed by atoms with Crippen LogP contribution in [0.25, 0.3) is 10.2 Å². The second kappa shape index (κ2) is 8.65. The van der Waals surface area contributed by atoms with Crippen molar-refractivity contribution in [3.8, 4) is 0 Å². The first-order chi connectivity index (χ1) is 15.6. The largest absolute Gasteiger partial charge is 0.339 e. The van der Waals surface area contributed by atoms with Crippen LogP contribution < -0.4 is 10.5 Å². The normalized spacial score (nSPS) is 16.4. The van der Waals surface area contributed by atoms with Crippen molar-refractivity contribution >= 4 is 33.4 Å². The highest BCUT2D eigenvalue weighted by atomic mass is 32.1. The van der Waals surface area contributed by atoms with Crippen molar-refractivity contribution in [3.63, 3.8) is 0 Å². The van der Waals surface area contributed by atoms with Crippen LogP contribution in [0.15, 0.2) is 29.1 Å². The number of fused-ring (bicyclic) bond motifs is 3. The van der Waals surface area contributed by atoms with Gasteiger partial charge in [-0.05, 0) is 49.8 Å². The maximum atomic E-state index is 14.1. The van der Waals surface area contributed by atoms with E-state index in [2.05, 4.69) is 11.8 Å². The summed E-state index contributed by atoms with van der Waals surface area (Å²) in [7, 11) is 0. The van der Waals surface area contributed by atoms with Gasteiger partial charge in [0.2, 0.25) is 5.95 Å². The number of amides is 1. The topological polar surface area (TPSA) is 58.4 Å². The average molecular weight is 455 g/mol. The van der Waals surface area contributed by atoms with Gasteiger partial charge in [0.25, 0.3) is 11.5 Å². The fourth-order valence-electron chi connectivity index (χ4n) is 4.81. The lowest BCUT2D eigenvalue weighted by Crippen LogP contribution is -2.50. The van der Waals surface area contributed by atoms with E-state index in [0.717, 1.165) is 35.9 Å². The van der Waals surface area contributed by atoms with Crippen LogP contribution in [-0.4, -0.2) is 46.5 Å². The van der Waals surface area contributed by atoms with Crippen molar-refractivity contribution in [1.82, 2.24) is 14.5 Å². The van der Waals surface area contributed by atoms with E-state index in [4.69, 9.17) is 4.98 Å². The van der Waals surface area contributed by atoms with Gasteiger partial charge in [0.15, 0.2) is 0 Å². The third-order valence-corrected chi connectivity index (χ3v) is 7.64. The SMILES string of the molecule is CCCn1c(N2CCN(C(=O)c3ccccc3F)CC2)nc2sc3c(c2c1=O)CCCC3. The van der Waals surface area contributed by atoms with Gasteiger partial charge >= 0.3 is 0 Å². The number of carbonyl (C=O) groups is 1. The summed E-state index contributed by atoms with van der Waals surface area (Å²) in [6, 6.07) is 6.10. The summed E-state index contributed by atoms with van der Waals surface area (Å²) in [5.41, 5.74) is 1.38. The molecular formula is C24H27FN4O2S. The zero-order chi connectivity index (χ0) is 22.2. The highest BCUT2D eigenvalue weighted by molar-refractivity contribution is 7.18. The van der Waals surface area contributed by atoms with Crippen LogP contribution in [0.1, 0.15) is 47.0 Å². The van der Waals surface area contributed by atoms with Gasteiger partial charge in [-0.3, -0.25) is 14.2 Å². The number of carbonyl (C=O) groups excluding carboxylic acids is 1. The number of nitrogens with zero attached hydrogens (tertiary/aromatic N) is 4. The second-order valence-corrected chi connectivity index (χ2v) is 9.60. The van der Waals surface area contributed by atoms with Crippen molar-refractivity contribution in [2.24, 2.45) is 0 Å². The molecule has 1 aliphatic heterocycles. The van der Waals surface area contributed by atoms with Gasteiger partial charge in [0, 0.05) is 37.6 Å².